The number of ether oxygens (including phenoxy) is 1. The SMILES string of the molecule is O=C(COc1ncnc2sc3c(c12)CCC3)N1CCCCC1. The molecule has 1 aliphatic heterocycles. The van der Waals surface area contributed by atoms with Crippen molar-refractivity contribution in [2.24, 2.45) is 0 Å². The highest BCUT2D eigenvalue weighted by molar-refractivity contribution is 7.18. The van der Waals surface area contributed by atoms with Gasteiger partial charge in [0.1, 0.15) is 11.2 Å². The summed E-state index contributed by atoms with van der Waals surface area (Å²) in [4.78, 5) is 25.2. The number of likely N-dealkylation sites (tertiary alicyclic amines) is 1. The second-order valence-corrected chi connectivity index (χ2v) is 7.03. The summed E-state index contributed by atoms with van der Waals surface area (Å²) in [6.45, 7) is 1.79. The quantitative estimate of drug-likeness (QED) is 0.873. The molecule has 0 atom stereocenters. The van der Waals surface area contributed by atoms with E-state index in [1.807, 2.05) is 4.90 Å². The Kier molecular flexibility index (Phi) is 3.70. The molecule has 5 nitrogen and oxygen atoms in total. The summed E-state index contributed by atoms with van der Waals surface area (Å²) in [5.41, 5.74) is 1.33. The summed E-state index contributed by atoms with van der Waals surface area (Å²) >= 11 is 1.74. The van der Waals surface area contributed by atoms with Crippen LogP contribution in [-0.2, 0) is 17.6 Å². The number of carbonyl (C=O) groups excluding carboxylic acids is 1. The smallest absolute Gasteiger partial charge is 0.260 e. The van der Waals surface area contributed by atoms with Crippen LogP contribution in [0.2, 0.25) is 0 Å². The number of rotatable bonds is 3. The molecule has 2 aliphatic rings. The molecule has 1 amide bonds. The van der Waals surface area contributed by atoms with Gasteiger partial charge in [-0.05, 0) is 44.1 Å². The van der Waals surface area contributed by atoms with E-state index >= 15 is 0 Å². The highest BCUT2D eigenvalue weighted by Crippen LogP contribution is 2.39. The van der Waals surface area contributed by atoms with E-state index in [2.05, 4.69) is 9.97 Å². The monoisotopic (exact) mass is 317 g/mol. The number of hydrogen-bond donors (Lipinski definition) is 0. The first-order valence-corrected chi connectivity index (χ1v) is 8.80. The fourth-order valence-corrected chi connectivity index (χ4v) is 4.59. The number of aryl methyl sites for hydroxylation is 2. The second kappa shape index (κ2) is 5.83. The summed E-state index contributed by atoms with van der Waals surface area (Å²) in [6, 6.07) is 0. The van der Waals surface area contributed by atoms with E-state index in [-0.39, 0.29) is 12.5 Å². The minimum Gasteiger partial charge on any atom is -0.467 e. The lowest BCUT2D eigenvalue weighted by molar-refractivity contribution is -0.134. The van der Waals surface area contributed by atoms with Crippen LogP contribution in [0.3, 0.4) is 0 Å². The van der Waals surface area contributed by atoms with Crippen LogP contribution in [-0.4, -0.2) is 40.5 Å². The van der Waals surface area contributed by atoms with Crippen molar-refractivity contribution in [1.29, 1.82) is 0 Å². The summed E-state index contributed by atoms with van der Waals surface area (Å²) in [7, 11) is 0. The Morgan fingerprint density at radius 3 is 2.91 bits per heavy atom. The number of amides is 1. The fraction of sp³-hybridized carbons (Fsp3) is 0.562. The summed E-state index contributed by atoms with van der Waals surface area (Å²) in [6.07, 6.45) is 8.34. The average Bonchev–Trinajstić information content (AvgIpc) is 3.14. The first-order valence-electron chi connectivity index (χ1n) is 7.99. The normalized spacial score (nSPS) is 17.7. The number of thiophene rings is 1. The van der Waals surface area contributed by atoms with Gasteiger partial charge < -0.3 is 9.64 Å². The molecule has 1 fully saturated rings. The summed E-state index contributed by atoms with van der Waals surface area (Å²) in [5.74, 6) is 0.646. The lowest BCUT2D eigenvalue weighted by Crippen LogP contribution is -2.38. The Labute approximate surface area is 133 Å². The first kappa shape index (κ1) is 13.9. The molecule has 1 saturated heterocycles. The molecule has 0 bridgehead atoms. The number of fused-ring (bicyclic) bond motifs is 3. The van der Waals surface area contributed by atoms with E-state index in [9.17, 15) is 4.79 Å². The van der Waals surface area contributed by atoms with Crippen LogP contribution in [0.5, 0.6) is 5.88 Å². The Hall–Kier alpha value is -1.69. The van der Waals surface area contributed by atoms with Gasteiger partial charge in [-0.2, -0.15) is 0 Å². The van der Waals surface area contributed by atoms with Crippen molar-refractivity contribution < 1.29 is 9.53 Å². The third-order valence-electron chi connectivity index (χ3n) is 4.51. The van der Waals surface area contributed by atoms with Crippen LogP contribution in [0.1, 0.15) is 36.1 Å². The highest BCUT2D eigenvalue weighted by atomic mass is 32.1. The van der Waals surface area contributed by atoms with E-state index in [0.717, 1.165) is 49.0 Å². The molecule has 0 saturated carbocycles. The fourth-order valence-electron chi connectivity index (χ4n) is 3.37. The lowest BCUT2D eigenvalue weighted by Gasteiger charge is -2.26. The van der Waals surface area contributed by atoms with Gasteiger partial charge in [0.2, 0.25) is 5.88 Å². The zero-order chi connectivity index (χ0) is 14.9. The topological polar surface area (TPSA) is 55.3 Å². The van der Waals surface area contributed by atoms with E-state index in [1.165, 1.54) is 29.6 Å². The van der Waals surface area contributed by atoms with Crippen LogP contribution in [0.25, 0.3) is 10.2 Å². The largest absolute Gasteiger partial charge is 0.467 e. The molecule has 0 unspecified atom stereocenters. The molecule has 0 radical (unpaired) electrons. The van der Waals surface area contributed by atoms with Gasteiger partial charge in [0.15, 0.2) is 6.61 Å². The molecule has 3 heterocycles. The van der Waals surface area contributed by atoms with Crippen LogP contribution < -0.4 is 4.74 Å². The molecule has 6 heteroatoms. The van der Waals surface area contributed by atoms with Gasteiger partial charge in [0.05, 0.1) is 5.39 Å². The van der Waals surface area contributed by atoms with E-state index in [4.69, 9.17) is 4.74 Å². The zero-order valence-electron chi connectivity index (χ0n) is 12.5. The van der Waals surface area contributed by atoms with Crippen molar-refractivity contribution in [1.82, 2.24) is 14.9 Å². The first-order chi connectivity index (χ1) is 10.8. The standard InChI is InChI=1S/C16H19N3O2S/c20-13(19-7-2-1-3-8-19)9-21-15-14-11-5-4-6-12(11)22-16(14)18-10-17-15/h10H,1-9H2. The van der Waals surface area contributed by atoms with E-state index in [1.54, 1.807) is 11.3 Å². The van der Waals surface area contributed by atoms with Crippen molar-refractivity contribution >= 4 is 27.5 Å². The van der Waals surface area contributed by atoms with Gasteiger partial charge >= 0.3 is 0 Å². The summed E-state index contributed by atoms with van der Waals surface area (Å²) in [5, 5.41) is 1.03. The van der Waals surface area contributed by atoms with Gasteiger partial charge in [-0.1, -0.05) is 0 Å². The Bertz CT molecular complexity index is 707. The Morgan fingerprint density at radius 2 is 2.05 bits per heavy atom. The van der Waals surface area contributed by atoms with Gasteiger partial charge in [0, 0.05) is 18.0 Å². The van der Waals surface area contributed by atoms with Crippen molar-refractivity contribution in [2.45, 2.75) is 38.5 Å². The van der Waals surface area contributed by atoms with Gasteiger partial charge in [-0.15, -0.1) is 11.3 Å². The van der Waals surface area contributed by atoms with E-state index in [0.29, 0.717) is 5.88 Å². The van der Waals surface area contributed by atoms with Crippen LogP contribution in [0, 0.1) is 0 Å². The molecule has 116 valence electrons. The molecular formula is C16H19N3O2S. The highest BCUT2D eigenvalue weighted by Gasteiger charge is 2.23. The van der Waals surface area contributed by atoms with E-state index < -0.39 is 0 Å². The van der Waals surface area contributed by atoms with Crippen molar-refractivity contribution in [3.63, 3.8) is 0 Å². The Balaban J connectivity index is 1.53. The Morgan fingerprint density at radius 1 is 1.18 bits per heavy atom. The maximum absolute atomic E-state index is 12.2. The maximum Gasteiger partial charge on any atom is 0.260 e. The van der Waals surface area contributed by atoms with Crippen LogP contribution in [0.4, 0.5) is 0 Å². The van der Waals surface area contributed by atoms with Gasteiger partial charge in [-0.3, -0.25) is 4.79 Å². The van der Waals surface area contributed by atoms with Crippen molar-refractivity contribution in [3.05, 3.63) is 16.8 Å². The third-order valence-corrected chi connectivity index (χ3v) is 5.71. The minimum absolute atomic E-state index is 0.0679. The van der Waals surface area contributed by atoms with Crippen molar-refractivity contribution in [2.75, 3.05) is 19.7 Å². The number of aromatic nitrogens is 2. The van der Waals surface area contributed by atoms with Crippen LogP contribution >= 0.6 is 11.3 Å². The molecule has 22 heavy (non-hydrogen) atoms. The lowest BCUT2D eigenvalue weighted by atomic mass is 10.1. The second-order valence-electron chi connectivity index (χ2n) is 5.95. The van der Waals surface area contributed by atoms with Crippen LogP contribution in [0.15, 0.2) is 6.33 Å². The molecule has 4 rings (SSSR count). The predicted octanol–water partition coefficient (Wildman–Crippen LogP) is 2.57. The molecular weight excluding hydrogens is 298 g/mol. The number of nitrogens with zero attached hydrogens (tertiary/aromatic N) is 3. The average molecular weight is 317 g/mol. The zero-order valence-corrected chi connectivity index (χ0v) is 13.3. The summed E-state index contributed by atoms with van der Waals surface area (Å²) < 4.78 is 5.78. The molecule has 1 aliphatic carbocycles. The third kappa shape index (κ3) is 2.45. The number of hydrogen-bond acceptors (Lipinski definition) is 5. The molecule has 0 N–H and O–H groups in total. The molecule has 2 aromatic rings. The minimum atomic E-state index is 0.0679. The van der Waals surface area contributed by atoms with Crippen molar-refractivity contribution in [3.8, 4) is 5.88 Å². The molecule has 0 spiro atoms. The van der Waals surface area contributed by atoms with Gasteiger partial charge in [0.25, 0.3) is 5.91 Å². The number of piperidine rings is 1. The molecule has 0 aromatic carbocycles. The molecule has 2 aromatic heterocycles. The maximum atomic E-state index is 12.2. The predicted molar refractivity (Wildman–Crippen MR) is 85.4 cm³/mol. The number of carbonyl (C=O) groups is 1. The van der Waals surface area contributed by atoms with Gasteiger partial charge in [-0.25, -0.2) is 9.97 Å².